The van der Waals surface area contributed by atoms with Gasteiger partial charge in [0.1, 0.15) is 0 Å². The van der Waals surface area contributed by atoms with E-state index in [1.165, 1.54) is 11.8 Å². The zero-order valence-electron chi connectivity index (χ0n) is 15.2. The van der Waals surface area contributed by atoms with E-state index < -0.39 is 0 Å². The Morgan fingerprint density at radius 2 is 1.69 bits per heavy atom. The van der Waals surface area contributed by atoms with Crippen LogP contribution in [0, 0.1) is 20.8 Å². The van der Waals surface area contributed by atoms with Gasteiger partial charge in [0.2, 0.25) is 11.8 Å². The minimum Gasteiger partial charge on any atom is -0.347 e. The summed E-state index contributed by atoms with van der Waals surface area (Å²) < 4.78 is 0. The Morgan fingerprint density at radius 3 is 2.35 bits per heavy atom. The van der Waals surface area contributed by atoms with Gasteiger partial charge in [-0.3, -0.25) is 9.59 Å². The summed E-state index contributed by atoms with van der Waals surface area (Å²) >= 11 is 7.60. The largest absolute Gasteiger partial charge is 0.347 e. The van der Waals surface area contributed by atoms with Gasteiger partial charge in [0.15, 0.2) is 0 Å². The molecule has 0 radical (unpaired) electrons. The molecule has 2 rings (SSSR count). The first kappa shape index (κ1) is 20.3. The van der Waals surface area contributed by atoms with Crippen LogP contribution in [0.15, 0.2) is 41.3 Å². The normalized spacial score (nSPS) is 10.5. The number of thioether (sulfide) groups is 1. The second-order valence-electron chi connectivity index (χ2n) is 6.13. The van der Waals surface area contributed by atoms with Crippen molar-refractivity contribution in [2.75, 3.05) is 17.6 Å². The molecule has 0 bridgehead atoms. The third-order valence-corrected chi connectivity index (χ3v) is 5.33. The van der Waals surface area contributed by atoms with Crippen molar-refractivity contribution < 1.29 is 9.59 Å². The highest BCUT2D eigenvalue weighted by Gasteiger charge is 2.10. The topological polar surface area (TPSA) is 58.2 Å². The average molecular weight is 391 g/mol. The highest BCUT2D eigenvalue weighted by Crippen LogP contribution is 2.26. The molecule has 0 heterocycles. The van der Waals surface area contributed by atoms with E-state index in [0.717, 1.165) is 27.3 Å². The third kappa shape index (κ3) is 6.07. The molecule has 0 spiro atoms. The Balaban J connectivity index is 1.75. The van der Waals surface area contributed by atoms with Crippen LogP contribution in [-0.2, 0) is 9.59 Å². The number of rotatable bonds is 7. The molecule has 0 aliphatic rings. The number of carbonyl (C=O) groups excluding carboxylic acids is 2. The van der Waals surface area contributed by atoms with Crippen LogP contribution in [0.3, 0.4) is 0 Å². The van der Waals surface area contributed by atoms with Crippen molar-refractivity contribution in [3.8, 4) is 0 Å². The maximum absolute atomic E-state index is 12.1. The molecule has 6 heteroatoms. The van der Waals surface area contributed by atoms with E-state index in [2.05, 4.69) is 10.6 Å². The molecule has 0 aromatic heterocycles. The summed E-state index contributed by atoms with van der Waals surface area (Å²) in [5.74, 6) is 0.220. The predicted molar refractivity (Wildman–Crippen MR) is 109 cm³/mol. The third-order valence-electron chi connectivity index (χ3n) is 3.81. The number of aryl methyl sites for hydroxylation is 3. The van der Waals surface area contributed by atoms with Crippen LogP contribution in [0.4, 0.5) is 5.69 Å². The maximum Gasteiger partial charge on any atom is 0.243 e. The molecule has 138 valence electrons. The van der Waals surface area contributed by atoms with E-state index in [0.29, 0.717) is 17.2 Å². The summed E-state index contributed by atoms with van der Waals surface area (Å²) in [7, 11) is 0. The number of carbonyl (C=O) groups is 2. The van der Waals surface area contributed by atoms with Gasteiger partial charge in [0.05, 0.1) is 11.6 Å². The number of benzene rings is 2. The predicted octanol–water partition coefficient (Wildman–Crippen LogP) is 4.50. The molecular weight excluding hydrogens is 368 g/mol. The molecule has 0 fully saturated rings. The van der Waals surface area contributed by atoms with Crippen LogP contribution in [-0.4, -0.2) is 24.1 Å². The lowest BCUT2D eigenvalue weighted by molar-refractivity contribution is -0.123. The number of hydrogen-bond acceptors (Lipinski definition) is 3. The lowest BCUT2D eigenvalue weighted by Gasteiger charge is -2.13. The summed E-state index contributed by atoms with van der Waals surface area (Å²) in [6.07, 6.45) is 0.325. The van der Waals surface area contributed by atoms with Gasteiger partial charge in [0, 0.05) is 22.8 Å². The van der Waals surface area contributed by atoms with E-state index in [-0.39, 0.29) is 18.4 Å². The summed E-state index contributed by atoms with van der Waals surface area (Å²) in [4.78, 5) is 25.0. The number of halogens is 1. The Morgan fingerprint density at radius 1 is 1.04 bits per heavy atom. The van der Waals surface area contributed by atoms with Gasteiger partial charge in [0.25, 0.3) is 0 Å². The van der Waals surface area contributed by atoms with Crippen molar-refractivity contribution >= 4 is 40.9 Å². The van der Waals surface area contributed by atoms with Gasteiger partial charge in [-0.2, -0.15) is 0 Å². The Kier molecular flexibility index (Phi) is 7.54. The first-order valence-corrected chi connectivity index (χ1v) is 9.75. The molecule has 0 aliphatic carbocycles. The fraction of sp³-hybridized carbons (Fsp3) is 0.300. The van der Waals surface area contributed by atoms with E-state index >= 15 is 0 Å². The first-order valence-electron chi connectivity index (χ1n) is 8.38. The quantitative estimate of drug-likeness (QED) is 0.684. The second-order valence-corrected chi connectivity index (χ2v) is 7.67. The van der Waals surface area contributed by atoms with E-state index in [9.17, 15) is 9.59 Å². The van der Waals surface area contributed by atoms with Crippen LogP contribution in [0.1, 0.15) is 23.1 Å². The molecular formula is C20H23ClN2O2S. The van der Waals surface area contributed by atoms with Crippen molar-refractivity contribution in [3.63, 3.8) is 0 Å². The minimum atomic E-state index is -0.229. The standard InChI is InChI=1S/C20H23ClN2O2S/c1-13-10-14(2)20(15(3)11-13)23-19(25)12-22-18(24)8-9-26-17-7-5-4-6-16(17)21/h4-7,10-11H,8-9,12H2,1-3H3,(H,22,24)(H,23,25). The van der Waals surface area contributed by atoms with Crippen LogP contribution >= 0.6 is 23.4 Å². The van der Waals surface area contributed by atoms with Gasteiger partial charge in [-0.25, -0.2) is 0 Å². The van der Waals surface area contributed by atoms with Crippen LogP contribution in [0.2, 0.25) is 5.02 Å². The summed E-state index contributed by atoms with van der Waals surface area (Å²) in [5.41, 5.74) is 3.99. The fourth-order valence-corrected chi connectivity index (χ4v) is 3.83. The van der Waals surface area contributed by atoms with Crippen molar-refractivity contribution in [2.45, 2.75) is 32.1 Å². The summed E-state index contributed by atoms with van der Waals surface area (Å²) in [5, 5.41) is 6.21. The molecule has 4 nitrogen and oxygen atoms in total. The van der Waals surface area contributed by atoms with E-state index in [1.807, 2.05) is 57.2 Å². The second kappa shape index (κ2) is 9.64. The molecule has 26 heavy (non-hydrogen) atoms. The SMILES string of the molecule is Cc1cc(C)c(NC(=O)CNC(=O)CCSc2ccccc2Cl)c(C)c1. The van der Waals surface area contributed by atoms with Crippen molar-refractivity contribution in [1.29, 1.82) is 0 Å². The smallest absolute Gasteiger partial charge is 0.243 e. The van der Waals surface area contributed by atoms with E-state index in [1.54, 1.807) is 0 Å². The number of hydrogen-bond donors (Lipinski definition) is 2. The van der Waals surface area contributed by atoms with Crippen LogP contribution < -0.4 is 10.6 Å². The number of anilines is 1. The molecule has 0 atom stereocenters. The zero-order chi connectivity index (χ0) is 19.1. The summed E-state index contributed by atoms with van der Waals surface area (Å²) in [6.45, 7) is 5.90. The first-order chi connectivity index (χ1) is 12.4. The van der Waals surface area contributed by atoms with Crippen molar-refractivity contribution in [1.82, 2.24) is 5.32 Å². The van der Waals surface area contributed by atoms with Crippen LogP contribution in [0.25, 0.3) is 0 Å². The molecule has 0 saturated carbocycles. The molecule has 2 amide bonds. The maximum atomic E-state index is 12.1. The zero-order valence-corrected chi connectivity index (χ0v) is 16.8. The highest BCUT2D eigenvalue weighted by atomic mass is 35.5. The highest BCUT2D eigenvalue weighted by molar-refractivity contribution is 7.99. The minimum absolute atomic E-state index is 0.0393. The Bertz CT molecular complexity index is 785. The Labute approximate surface area is 163 Å². The van der Waals surface area contributed by atoms with Gasteiger partial charge in [-0.05, 0) is 44.0 Å². The molecule has 2 aromatic carbocycles. The average Bonchev–Trinajstić information content (AvgIpc) is 2.58. The molecule has 0 saturated heterocycles. The Hall–Kier alpha value is -1.98. The number of nitrogens with one attached hydrogen (secondary N) is 2. The molecule has 0 unspecified atom stereocenters. The number of amides is 2. The molecule has 2 aromatic rings. The molecule has 2 N–H and O–H groups in total. The lowest BCUT2D eigenvalue weighted by atomic mass is 10.1. The van der Waals surface area contributed by atoms with Gasteiger partial charge < -0.3 is 10.6 Å². The van der Waals surface area contributed by atoms with Gasteiger partial charge in [-0.15, -0.1) is 11.8 Å². The van der Waals surface area contributed by atoms with Crippen molar-refractivity contribution in [3.05, 3.63) is 58.1 Å². The molecule has 0 aliphatic heterocycles. The van der Waals surface area contributed by atoms with Crippen molar-refractivity contribution in [2.24, 2.45) is 0 Å². The fourth-order valence-electron chi connectivity index (χ4n) is 2.64. The lowest BCUT2D eigenvalue weighted by Crippen LogP contribution is -2.33. The van der Waals surface area contributed by atoms with Gasteiger partial charge >= 0.3 is 0 Å². The monoisotopic (exact) mass is 390 g/mol. The van der Waals surface area contributed by atoms with Crippen LogP contribution in [0.5, 0.6) is 0 Å². The van der Waals surface area contributed by atoms with Gasteiger partial charge in [-0.1, -0.05) is 41.4 Å². The summed E-state index contributed by atoms with van der Waals surface area (Å²) in [6, 6.07) is 11.6. The van der Waals surface area contributed by atoms with E-state index in [4.69, 9.17) is 11.6 Å².